The molecule has 1 rings (SSSR count). The number of H-pyrrole nitrogens is 1. The molecule has 1 aromatic rings. The van der Waals surface area contributed by atoms with Gasteiger partial charge in [0.1, 0.15) is 0 Å². The third-order valence-electron chi connectivity index (χ3n) is 1.74. The number of thioether (sulfide) groups is 1. The highest BCUT2D eigenvalue weighted by atomic mass is 32.2. The Hall–Kier alpha value is -1.28. The molecule has 1 atom stereocenters. The molecule has 0 bridgehead atoms. The monoisotopic (exact) mass is 245 g/mol. The van der Waals surface area contributed by atoms with Gasteiger partial charge in [0, 0.05) is 13.7 Å². The molecule has 0 aromatic carbocycles. The van der Waals surface area contributed by atoms with Crippen molar-refractivity contribution in [1.82, 2.24) is 20.5 Å². The molecule has 0 fully saturated rings. The summed E-state index contributed by atoms with van der Waals surface area (Å²) in [7, 11) is 1.58. The summed E-state index contributed by atoms with van der Waals surface area (Å²) in [4.78, 5) is 15.4. The molecule has 0 aliphatic heterocycles. The molecule has 0 aliphatic carbocycles. The van der Waals surface area contributed by atoms with Gasteiger partial charge in [0.15, 0.2) is 0 Å². The van der Waals surface area contributed by atoms with E-state index < -0.39 is 0 Å². The number of anilines is 1. The van der Waals surface area contributed by atoms with Gasteiger partial charge in [-0.2, -0.15) is 4.98 Å². The van der Waals surface area contributed by atoms with E-state index in [0.717, 1.165) is 0 Å². The Balaban J connectivity index is 2.34. The van der Waals surface area contributed by atoms with E-state index in [2.05, 4.69) is 20.5 Å². The number of rotatable bonds is 6. The van der Waals surface area contributed by atoms with E-state index in [1.807, 2.05) is 0 Å². The zero-order valence-electron chi connectivity index (χ0n) is 9.19. The Kier molecular flexibility index (Phi) is 5.06. The summed E-state index contributed by atoms with van der Waals surface area (Å²) in [6.07, 6.45) is 0. The zero-order chi connectivity index (χ0) is 12.0. The zero-order valence-corrected chi connectivity index (χ0v) is 10.0. The first kappa shape index (κ1) is 12.8. The predicted octanol–water partition coefficient (Wildman–Crippen LogP) is -0.370. The molecule has 8 heteroatoms. The van der Waals surface area contributed by atoms with Crippen LogP contribution in [0.15, 0.2) is 5.16 Å². The van der Waals surface area contributed by atoms with Crippen molar-refractivity contribution in [2.45, 2.75) is 17.3 Å². The van der Waals surface area contributed by atoms with Gasteiger partial charge in [0.05, 0.1) is 11.9 Å². The summed E-state index contributed by atoms with van der Waals surface area (Å²) < 4.78 is 4.83. The average Bonchev–Trinajstić information content (AvgIpc) is 2.64. The molecular formula is C8H15N5O2S. The molecule has 0 aliphatic rings. The lowest BCUT2D eigenvalue weighted by Gasteiger charge is -2.09. The SMILES string of the molecule is COCCNC(=O)C(C)Sc1n[nH]c(N)n1. The first-order chi connectivity index (χ1) is 7.63. The van der Waals surface area contributed by atoms with E-state index in [9.17, 15) is 4.79 Å². The minimum absolute atomic E-state index is 0.0783. The van der Waals surface area contributed by atoms with Crippen LogP contribution in [0.5, 0.6) is 0 Å². The second-order valence-electron chi connectivity index (χ2n) is 3.05. The number of hydrogen-bond donors (Lipinski definition) is 3. The number of carbonyl (C=O) groups is 1. The Labute approximate surface area is 97.5 Å². The van der Waals surface area contributed by atoms with Crippen molar-refractivity contribution in [3.63, 3.8) is 0 Å². The van der Waals surface area contributed by atoms with Crippen molar-refractivity contribution >= 4 is 23.6 Å². The number of methoxy groups -OCH3 is 1. The van der Waals surface area contributed by atoms with Gasteiger partial charge in [-0.15, -0.1) is 5.10 Å². The minimum atomic E-state index is -0.271. The van der Waals surface area contributed by atoms with Crippen LogP contribution >= 0.6 is 11.8 Å². The normalized spacial score (nSPS) is 12.4. The van der Waals surface area contributed by atoms with Crippen LogP contribution in [0.2, 0.25) is 0 Å². The van der Waals surface area contributed by atoms with E-state index in [-0.39, 0.29) is 17.1 Å². The van der Waals surface area contributed by atoms with Crippen molar-refractivity contribution in [1.29, 1.82) is 0 Å². The molecule has 1 heterocycles. The van der Waals surface area contributed by atoms with Crippen LogP contribution in [0.1, 0.15) is 6.92 Å². The van der Waals surface area contributed by atoms with Crippen LogP contribution in [-0.2, 0) is 9.53 Å². The smallest absolute Gasteiger partial charge is 0.233 e. The maximum atomic E-state index is 11.5. The van der Waals surface area contributed by atoms with Gasteiger partial charge in [0.2, 0.25) is 17.0 Å². The molecule has 0 saturated carbocycles. The second kappa shape index (κ2) is 6.33. The number of nitrogens with one attached hydrogen (secondary N) is 2. The molecule has 0 radical (unpaired) electrons. The number of nitrogens with two attached hydrogens (primary N) is 1. The van der Waals surface area contributed by atoms with Crippen LogP contribution in [0.4, 0.5) is 5.95 Å². The van der Waals surface area contributed by atoms with Crippen LogP contribution in [0, 0.1) is 0 Å². The maximum Gasteiger partial charge on any atom is 0.233 e. The Morgan fingerprint density at radius 1 is 1.75 bits per heavy atom. The van der Waals surface area contributed by atoms with Crippen molar-refractivity contribution < 1.29 is 9.53 Å². The molecule has 1 aromatic heterocycles. The Morgan fingerprint density at radius 3 is 3.06 bits per heavy atom. The first-order valence-electron chi connectivity index (χ1n) is 4.74. The number of ether oxygens (including phenoxy) is 1. The van der Waals surface area contributed by atoms with E-state index in [0.29, 0.717) is 18.3 Å². The standard InChI is InChI=1S/C8H15N5O2S/c1-5(6(14)10-3-4-15-2)16-8-11-7(9)12-13-8/h5H,3-4H2,1-2H3,(H,10,14)(H3,9,11,12,13). The van der Waals surface area contributed by atoms with Crippen LogP contribution in [-0.4, -0.2) is 46.6 Å². The third-order valence-corrected chi connectivity index (χ3v) is 2.70. The lowest BCUT2D eigenvalue weighted by molar-refractivity contribution is -0.120. The lowest BCUT2D eigenvalue weighted by atomic mass is 10.4. The second-order valence-corrected chi connectivity index (χ2v) is 4.36. The highest BCUT2D eigenvalue weighted by Crippen LogP contribution is 2.19. The number of amides is 1. The van der Waals surface area contributed by atoms with Crippen molar-refractivity contribution in [3.8, 4) is 0 Å². The Bertz CT molecular complexity index is 343. The predicted molar refractivity (Wildman–Crippen MR) is 61.0 cm³/mol. The largest absolute Gasteiger partial charge is 0.383 e. The fraction of sp³-hybridized carbons (Fsp3) is 0.625. The fourth-order valence-corrected chi connectivity index (χ4v) is 1.70. The van der Waals surface area contributed by atoms with Gasteiger partial charge < -0.3 is 15.8 Å². The number of aromatic amines is 1. The third kappa shape index (κ3) is 4.07. The molecule has 0 spiro atoms. The summed E-state index contributed by atoms with van der Waals surface area (Å²) in [6, 6.07) is 0. The molecular weight excluding hydrogens is 230 g/mol. The highest BCUT2D eigenvalue weighted by molar-refractivity contribution is 8.00. The van der Waals surface area contributed by atoms with E-state index in [1.165, 1.54) is 11.8 Å². The van der Waals surface area contributed by atoms with Crippen molar-refractivity contribution in [2.24, 2.45) is 0 Å². The molecule has 0 saturated heterocycles. The Morgan fingerprint density at radius 2 is 2.50 bits per heavy atom. The fourth-order valence-electron chi connectivity index (χ4n) is 0.942. The van der Waals surface area contributed by atoms with Gasteiger partial charge in [-0.1, -0.05) is 11.8 Å². The number of hydrogen-bond acceptors (Lipinski definition) is 6. The molecule has 16 heavy (non-hydrogen) atoms. The molecule has 1 amide bonds. The van der Waals surface area contributed by atoms with Gasteiger partial charge >= 0.3 is 0 Å². The molecule has 90 valence electrons. The average molecular weight is 245 g/mol. The van der Waals surface area contributed by atoms with E-state index in [1.54, 1.807) is 14.0 Å². The maximum absolute atomic E-state index is 11.5. The summed E-state index contributed by atoms with van der Waals surface area (Å²) in [5, 5.41) is 9.26. The van der Waals surface area contributed by atoms with Crippen LogP contribution in [0.25, 0.3) is 0 Å². The van der Waals surface area contributed by atoms with Gasteiger partial charge in [-0.25, -0.2) is 5.10 Å². The summed E-state index contributed by atoms with van der Waals surface area (Å²) >= 11 is 1.24. The number of nitrogen functional groups attached to an aromatic ring is 1. The summed E-state index contributed by atoms with van der Waals surface area (Å²) in [5.74, 6) is 0.167. The topological polar surface area (TPSA) is 106 Å². The van der Waals surface area contributed by atoms with Crippen LogP contribution in [0.3, 0.4) is 0 Å². The molecule has 1 unspecified atom stereocenters. The number of nitrogens with zero attached hydrogens (tertiary/aromatic N) is 2. The highest BCUT2D eigenvalue weighted by Gasteiger charge is 2.16. The number of aromatic nitrogens is 3. The summed E-state index contributed by atoms with van der Waals surface area (Å²) in [6.45, 7) is 2.77. The summed E-state index contributed by atoms with van der Waals surface area (Å²) in [5.41, 5.74) is 5.37. The van der Waals surface area contributed by atoms with Gasteiger partial charge in [-0.05, 0) is 6.92 Å². The minimum Gasteiger partial charge on any atom is -0.383 e. The van der Waals surface area contributed by atoms with Crippen LogP contribution < -0.4 is 11.1 Å². The number of carbonyl (C=O) groups excluding carboxylic acids is 1. The van der Waals surface area contributed by atoms with Gasteiger partial charge in [0.25, 0.3) is 0 Å². The van der Waals surface area contributed by atoms with E-state index >= 15 is 0 Å². The molecule has 4 N–H and O–H groups in total. The van der Waals surface area contributed by atoms with Crippen molar-refractivity contribution in [2.75, 3.05) is 26.0 Å². The lowest BCUT2D eigenvalue weighted by Crippen LogP contribution is -2.33. The quantitative estimate of drug-likeness (QED) is 0.466. The van der Waals surface area contributed by atoms with Crippen molar-refractivity contribution in [3.05, 3.63) is 0 Å². The molecule has 7 nitrogen and oxygen atoms in total. The van der Waals surface area contributed by atoms with E-state index in [4.69, 9.17) is 10.5 Å². The van der Waals surface area contributed by atoms with Gasteiger partial charge in [-0.3, -0.25) is 4.79 Å². The first-order valence-corrected chi connectivity index (χ1v) is 5.62.